The van der Waals surface area contributed by atoms with Crippen molar-refractivity contribution in [2.45, 2.75) is 31.7 Å². The molecular formula is C9H19NS. The average Bonchev–Trinajstić information content (AvgIpc) is 1.82. The summed E-state index contributed by atoms with van der Waals surface area (Å²) >= 11 is 4.29. The fraction of sp³-hybridized carbons (Fsp3) is 1.00. The molecule has 1 rings (SSSR count). The Kier molecular flexibility index (Phi) is 3.73. The molecule has 11 heavy (non-hydrogen) atoms. The van der Waals surface area contributed by atoms with Crippen LogP contribution in [0.1, 0.15) is 25.7 Å². The van der Waals surface area contributed by atoms with Crippen LogP contribution in [0, 0.1) is 5.92 Å². The molecule has 0 heterocycles. The van der Waals surface area contributed by atoms with E-state index in [0.29, 0.717) is 0 Å². The molecule has 0 amide bonds. The maximum absolute atomic E-state index is 4.29. The SMILES string of the molecule is CN(C)C(CCS)C1CCC1. The Morgan fingerprint density at radius 3 is 2.36 bits per heavy atom. The lowest BCUT2D eigenvalue weighted by Crippen LogP contribution is -2.38. The van der Waals surface area contributed by atoms with Gasteiger partial charge in [-0.1, -0.05) is 6.42 Å². The summed E-state index contributed by atoms with van der Waals surface area (Å²) in [4.78, 5) is 2.36. The number of hydrogen-bond acceptors (Lipinski definition) is 2. The Hall–Kier alpha value is 0.310. The zero-order valence-corrected chi connectivity index (χ0v) is 8.48. The molecule has 0 N–H and O–H groups in total. The third kappa shape index (κ3) is 2.38. The lowest BCUT2D eigenvalue weighted by molar-refractivity contribution is 0.138. The quantitative estimate of drug-likeness (QED) is 0.637. The van der Waals surface area contributed by atoms with E-state index in [4.69, 9.17) is 0 Å². The van der Waals surface area contributed by atoms with E-state index in [0.717, 1.165) is 17.7 Å². The van der Waals surface area contributed by atoms with Gasteiger partial charge in [-0.15, -0.1) is 0 Å². The van der Waals surface area contributed by atoms with Gasteiger partial charge in [0.1, 0.15) is 0 Å². The van der Waals surface area contributed by atoms with Crippen LogP contribution >= 0.6 is 12.6 Å². The smallest absolute Gasteiger partial charge is 0.0125 e. The molecule has 2 heteroatoms. The van der Waals surface area contributed by atoms with E-state index in [2.05, 4.69) is 31.6 Å². The highest BCUT2D eigenvalue weighted by atomic mass is 32.1. The van der Waals surface area contributed by atoms with Gasteiger partial charge in [0.25, 0.3) is 0 Å². The second kappa shape index (κ2) is 4.36. The van der Waals surface area contributed by atoms with Gasteiger partial charge in [-0.2, -0.15) is 12.6 Å². The van der Waals surface area contributed by atoms with E-state index in [1.165, 1.54) is 25.7 Å². The Labute approximate surface area is 75.6 Å². The summed E-state index contributed by atoms with van der Waals surface area (Å²) < 4.78 is 0. The molecule has 0 aromatic heterocycles. The predicted molar refractivity (Wildman–Crippen MR) is 53.3 cm³/mol. The van der Waals surface area contributed by atoms with Gasteiger partial charge in [0.15, 0.2) is 0 Å². The first-order valence-corrected chi connectivity index (χ1v) is 5.16. The molecule has 1 aliphatic rings. The van der Waals surface area contributed by atoms with Crippen LogP contribution in [0.3, 0.4) is 0 Å². The summed E-state index contributed by atoms with van der Waals surface area (Å²) in [6, 6.07) is 0.793. The first-order valence-electron chi connectivity index (χ1n) is 4.53. The molecule has 66 valence electrons. The highest BCUT2D eigenvalue weighted by Gasteiger charge is 2.27. The molecule has 0 spiro atoms. The van der Waals surface area contributed by atoms with Crippen molar-refractivity contribution >= 4 is 12.6 Å². The van der Waals surface area contributed by atoms with Crippen LogP contribution in [0.4, 0.5) is 0 Å². The predicted octanol–water partition coefficient (Wildman–Crippen LogP) is 2.04. The Morgan fingerprint density at radius 1 is 1.45 bits per heavy atom. The number of rotatable bonds is 4. The van der Waals surface area contributed by atoms with Gasteiger partial charge in [-0.25, -0.2) is 0 Å². The van der Waals surface area contributed by atoms with Crippen molar-refractivity contribution in [2.24, 2.45) is 5.92 Å². The highest BCUT2D eigenvalue weighted by Crippen LogP contribution is 2.32. The first kappa shape index (κ1) is 9.40. The Balaban J connectivity index is 2.31. The van der Waals surface area contributed by atoms with Gasteiger partial charge >= 0.3 is 0 Å². The molecule has 0 aromatic rings. The molecule has 0 aliphatic heterocycles. The minimum absolute atomic E-state index is 0.793. The van der Waals surface area contributed by atoms with Crippen LogP contribution in [0.15, 0.2) is 0 Å². The van der Waals surface area contributed by atoms with Crippen LogP contribution in [0.25, 0.3) is 0 Å². The van der Waals surface area contributed by atoms with Crippen LogP contribution in [0.5, 0.6) is 0 Å². The largest absolute Gasteiger partial charge is 0.306 e. The van der Waals surface area contributed by atoms with Crippen LogP contribution in [0.2, 0.25) is 0 Å². The van der Waals surface area contributed by atoms with E-state index in [1.54, 1.807) is 0 Å². The van der Waals surface area contributed by atoms with Crippen molar-refractivity contribution in [3.05, 3.63) is 0 Å². The fourth-order valence-corrected chi connectivity index (χ4v) is 2.14. The van der Waals surface area contributed by atoms with Crippen LogP contribution in [-0.4, -0.2) is 30.8 Å². The molecule has 0 saturated heterocycles. The minimum atomic E-state index is 0.793. The van der Waals surface area contributed by atoms with E-state index in [9.17, 15) is 0 Å². The highest BCUT2D eigenvalue weighted by molar-refractivity contribution is 7.80. The minimum Gasteiger partial charge on any atom is -0.306 e. The van der Waals surface area contributed by atoms with E-state index >= 15 is 0 Å². The van der Waals surface area contributed by atoms with E-state index < -0.39 is 0 Å². The van der Waals surface area contributed by atoms with Crippen molar-refractivity contribution < 1.29 is 0 Å². The second-order valence-corrected chi connectivity index (χ2v) is 4.18. The zero-order chi connectivity index (χ0) is 8.27. The van der Waals surface area contributed by atoms with Gasteiger partial charge < -0.3 is 4.90 Å². The van der Waals surface area contributed by atoms with Gasteiger partial charge in [-0.05, 0) is 45.0 Å². The number of hydrogen-bond donors (Lipinski definition) is 1. The van der Waals surface area contributed by atoms with Crippen LogP contribution in [-0.2, 0) is 0 Å². The topological polar surface area (TPSA) is 3.24 Å². The number of thiol groups is 1. The lowest BCUT2D eigenvalue weighted by atomic mass is 9.78. The maximum atomic E-state index is 4.29. The Morgan fingerprint density at radius 2 is 2.09 bits per heavy atom. The average molecular weight is 173 g/mol. The first-order chi connectivity index (χ1) is 5.25. The zero-order valence-electron chi connectivity index (χ0n) is 7.58. The molecule has 0 bridgehead atoms. The van der Waals surface area contributed by atoms with Crippen molar-refractivity contribution in [3.63, 3.8) is 0 Å². The van der Waals surface area contributed by atoms with Crippen molar-refractivity contribution in [1.29, 1.82) is 0 Å². The molecule has 1 atom stereocenters. The monoisotopic (exact) mass is 173 g/mol. The second-order valence-electron chi connectivity index (χ2n) is 3.73. The van der Waals surface area contributed by atoms with Crippen molar-refractivity contribution in [1.82, 2.24) is 4.90 Å². The summed E-state index contributed by atoms with van der Waals surface area (Å²) in [5, 5.41) is 0. The molecule has 1 fully saturated rings. The fourth-order valence-electron chi connectivity index (χ4n) is 1.87. The van der Waals surface area contributed by atoms with Gasteiger partial charge in [0, 0.05) is 6.04 Å². The molecule has 1 aliphatic carbocycles. The van der Waals surface area contributed by atoms with Crippen molar-refractivity contribution in [2.75, 3.05) is 19.8 Å². The molecule has 1 nitrogen and oxygen atoms in total. The standard InChI is InChI=1S/C9H19NS/c1-10(2)9(6-7-11)8-4-3-5-8/h8-9,11H,3-7H2,1-2H3. The van der Waals surface area contributed by atoms with E-state index in [1.807, 2.05) is 0 Å². The lowest BCUT2D eigenvalue weighted by Gasteiger charge is -2.37. The van der Waals surface area contributed by atoms with E-state index in [-0.39, 0.29) is 0 Å². The molecule has 1 saturated carbocycles. The maximum Gasteiger partial charge on any atom is 0.0125 e. The molecule has 0 radical (unpaired) electrons. The summed E-state index contributed by atoms with van der Waals surface area (Å²) in [6.07, 6.45) is 5.58. The number of nitrogens with zero attached hydrogens (tertiary/aromatic N) is 1. The summed E-state index contributed by atoms with van der Waals surface area (Å²) in [5.74, 6) is 2.00. The van der Waals surface area contributed by atoms with Crippen molar-refractivity contribution in [3.8, 4) is 0 Å². The molecular weight excluding hydrogens is 154 g/mol. The normalized spacial score (nSPS) is 21.8. The summed E-state index contributed by atoms with van der Waals surface area (Å²) in [5.41, 5.74) is 0. The third-order valence-corrected chi connectivity index (χ3v) is 3.04. The van der Waals surface area contributed by atoms with Gasteiger partial charge in [-0.3, -0.25) is 0 Å². The summed E-state index contributed by atoms with van der Waals surface area (Å²) in [7, 11) is 4.37. The molecule has 0 aromatic carbocycles. The molecule has 1 unspecified atom stereocenters. The Bertz CT molecular complexity index is 110. The third-order valence-electron chi connectivity index (χ3n) is 2.78. The summed E-state index contributed by atoms with van der Waals surface area (Å²) in [6.45, 7) is 0. The van der Waals surface area contributed by atoms with Gasteiger partial charge in [0.05, 0.1) is 0 Å². The van der Waals surface area contributed by atoms with Gasteiger partial charge in [0.2, 0.25) is 0 Å². The van der Waals surface area contributed by atoms with Crippen LogP contribution < -0.4 is 0 Å².